The predicted octanol–water partition coefficient (Wildman–Crippen LogP) is 1.91. The highest BCUT2D eigenvalue weighted by Gasteiger charge is 2.34. The first-order valence-electron chi connectivity index (χ1n) is 6.96. The molecule has 0 amide bonds. The number of ether oxygens (including phenoxy) is 2. The second-order valence-electron chi connectivity index (χ2n) is 5.03. The van der Waals surface area contributed by atoms with Crippen LogP contribution in [0.25, 0.3) is 0 Å². The summed E-state index contributed by atoms with van der Waals surface area (Å²) in [6.45, 7) is 7.12. The van der Waals surface area contributed by atoms with E-state index < -0.39 is 5.60 Å². The summed E-state index contributed by atoms with van der Waals surface area (Å²) in [6, 6.07) is 0. The van der Waals surface area contributed by atoms with E-state index in [-0.39, 0.29) is 12.2 Å². The lowest BCUT2D eigenvalue weighted by Gasteiger charge is -2.23. The van der Waals surface area contributed by atoms with Crippen molar-refractivity contribution in [1.29, 1.82) is 0 Å². The first-order chi connectivity index (χ1) is 9.12. The standard InChI is InChI=1S/C13H23N3O3/c1-4-13(3,17-5-2)12-15-11(19-16-12)10-7-6-9(8-14)18-10/h9-10H,4-8,14H2,1-3H3. The summed E-state index contributed by atoms with van der Waals surface area (Å²) in [5, 5.41) is 4.05. The minimum Gasteiger partial charge on any atom is -0.367 e. The fourth-order valence-electron chi connectivity index (χ4n) is 2.28. The second-order valence-corrected chi connectivity index (χ2v) is 5.03. The maximum Gasteiger partial charge on any atom is 0.255 e. The molecule has 108 valence electrons. The molecule has 2 rings (SSSR count). The predicted molar refractivity (Wildman–Crippen MR) is 69.5 cm³/mol. The molecule has 6 nitrogen and oxygen atoms in total. The van der Waals surface area contributed by atoms with E-state index in [9.17, 15) is 0 Å². The summed E-state index contributed by atoms with van der Waals surface area (Å²) < 4.78 is 16.8. The van der Waals surface area contributed by atoms with Crippen molar-refractivity contribution in [2.24, 2.45) is 5.73 Å². The third kappa shape index (κ3) is 2.96. The van der Waals surface area contributed by atoms with E-state index in [0.717, 1.165) is 19.3 Å². The van der Waals surface area contributed by atoms with Crippen LogP contribution >= 0.6 is 0 Å². The number of hydrogen-bond acceptors (Lipinski definition) is 6. The van der Waals surface area contributed by atoms with Gasteiger partial charge in [-0.05, 0) is 33.1 Å². The molecule has 3 atom stereocenters. The van der Waals surface area contributed by atoms with Gasteiger partial charge < -0.3 is 19.7 Å². The van der Waals surface area contributed by atoms with Crippen molar-refractivity contribution < 1.29 is 14.0 Å². The van der Waals surface area contributed by atoms with Gasteiger partial charge in [0, 0.05) is 13.2 Å². The van der Waals surface area contributed by atoms with Gasteiger partial charge in [0.15, 0.2) is 0 Å². The second kappa shape index (κ2) is 5.98. The Bertz CT molecular complexity index is 410. The third-order valence-electron chi connectivity index (χ3n) is 3.70. The van der Waals surface area contributed by atoms with Crippen LogP contribution in [0.4, 0.5) is 0 Å². The molecule has 0 saturated carbocycles. The highest BCUT2D eigenvalue weighted by atomic mass is 16.5. The van der Waals surface area contributed by atoms with Crippen molar-refractivity contribution >= 4 is 0 Å². The van der Waals surface area contributed by atoms with Crippen LogP contribution in [0.15, 0.2) is 4.52 Å². The molecule has 1 aliphatic rings. The van der Waals surface area contributed by atoms with Gasteiger partial charge in [0.1, 0.15) is 11.7 Å². The average molecular weight is 269 g/mol. The number of aromatic nitrogens is 2. The molecule has 2 N–H and O–H groups in total. The molecule has 0 radical (unpaired) electrons. The Morgan fingerprint density at radius 1 is 1.42 bits per heavy atom. The lowest BCUT2D eigenvalue weighted by Crippen LogP contribution is -2.26. The van der Waals surface area contributed by atoms with Crippen molar-refractivity contribution in [3.63, 3.8) is 0 Å². The van der Waals surface area contributed by atoms with Gasteiger partial charge in [-0.25, -0.2) is 0 Å². The van der Waals surface area contributed by atoms with E-state index in [1.54, 1.807) is 0 Å². The summed E-state index contributed by atoms with van der Waals surface area (Å²) >= 11 is 0. The smallest absolute Gasteiger partial charge is 0.255 e. The monoisotopic (exact) mass is 269 g/mol. The van der Waals surface area contributed by atoms with Gasteiger partial charge in [0.2, 0.25) is 5.82 Å². The summed E-state index contributed by atoms with van der Waals surface area (Å²) in [4.78, 5) is 4.45. The zero-order valence-electron chi connectivity index (χ0n) is 11.9. The molecule has 0 aliphatic carbocycles. The highest BCUT2D eigenvalue weighted by molar-refractivity contribution is 5.01. The molecule has 0 spiro atoms. The maximum absolute atomic E-state index is 5.75. The lowest BCUT2D eigenvalue weighted by molar-refractivity contribution is -0.0403. The molecule has 1 fully saturated rings. The molecule has 1 aromatic heterocycles. The Labute approximate surface area is 113 Å². The fraction of sp³-hybridized carbons (Fsp3) is 0.846. The van der Waals surface area contributed by atoms with Crippen LogP contribution in [0.5, 0.6) is 0 Å². The average Bonchev–Trinajstić information content (AvgIpc) is 3.07. The molecule has 1 aromatic rings. The van der Waals surface area contributed by atoms with Crippen LogP contribution in [0.1, 0.15) is 57.9 Å². The van der Waals surface area contributed by atoms with E-state index in [1.807, 2.05) is 20.8 Å². The summed E-state index contributed by atoms with van der Waals surface area (Å²) in [5.74, 6) is 1.12. The lowest BCUT2D eigenvalue weighted by atomic mass is 10.0. The SMILES string of the molecule is CCOC(C)(CC)c1noc(C2CCC(CN)O2)n1. The van der Waals surface area contributed by atoms with Gasteiger partial charge in [0.25, 0.3) is 5.89 Å². The first-order valence-corrected chi connectivity index (χ1v) is 6.96. The molecule has 6 heteroatoms. The molecule has 3 unspecified atom stereocenters. The van der Waals surface area contributed by atoms with Crippen LogP contribution in [0.2, 0.25) is 0 Å². The van der Waals surface area contributed by atoms with Crippen LogP contribution < -0.4 is 5.73 Å². The number of rotatable bonds is 6. The van der Waals surface area contributed by atoms with E-state index in [0.29, 0.717) is 24.9 Å². The molecule has 1 saturated heterocycles. The number of hydrogen-bond donors (Lipinski definition) is 1. The molecule has 0 aromatic carbocycles. The van der Waals surface area contributed by atoms with Gasteiger partial charge in [-0.15, -0.1) is 0 Å². The number of nitrogens with two attached hydrogens (primary N) is 1. The molecular weight excluding hydrogens is 246 g/mol. The largest absolute Gasteiger partial charge is 0.367 e. The maximum atomic E-state index is 5.75. The number of nitrogens with zero attached hydrogens (tertiary/aromatic N) is 2. The highest BCUT2D eigenvalue weighted by Crippen LogP contribution is 2.33. The zero-order valence-corrected chi connectivity index (χ0v) is 11.9. The molecule has 19 heavy (non-hydrogen) atoms. The van der Waals surface area contributed by atoms with Crippen molar-refractivity contribution in [2.45, 2.75) is 57.8 Å². The van der Waals surface area contributed by atoms with E-state index in [1.165, 1.54) is 0 Å². The van der Waals surface area contributed by atoms with Gasteiger partial charge in [-0.1, -0.05) is 12.1 Å². The Balaban J connectivity index is 2.10. The van der Waals surface area contributed by atoms with Crippen LogP contribution in [-0.2, 0) is 15.1 Å². The normalized spacial score (nSPS) is 26.5. The van der Waals surface area contributed by atoms with Crippen LogP contribution in [0.3, 0.4) is 0 Å². The fourth-order valence-corrected chi connectivity index (χ4v) is 2.28. The van der Waals surface area contributed by atoms with Crippen LogP contribution in [-0.4, -0.2) is 29.4 Å². The minimum absolute atomic E-state index is 0.102. The Hall–Kier alpha value is -0.980. The van der Waals surface area contributed by atoms with E-state index >= 15 is 0 Å². The zero-order chi connectivity index (χ0) is 13.9. The Morgan fingerprint density at radius 2 is 2.21 bits per heavy atom. The molecular formula is C13H23N3O3. The summed E-state index contributed by atoms with van der Waals surface area (Å²) in [6.07, 6.45) is 2.58. The van der Waals surface area contributed by atoms with E-state index in [4.69, 9.17) is 19.7 Å². The van der Waals surface area contributed by atoms with E-state index in [2.05, 4.69) is 10.1 Å². The summed E-state index contributed by atoms with van der Waals surface area (Å²) in [5.41, 5.74) is 5.10. The van der Waals surface area contributed by atoms with Gasteiger partial charge in [-0.2, -0.15) is 4.98 Å². The molecule has 1 aliphatic heterocycles. The molecule has 2 heterocycles. The van der Waals surface area contributed by atoms with Crippen molar-refractivity contribution in [1.82, 2.24) is 10.1 Å². The topological polar surface area (TPSA) is 83.4 Å². The quantitative estimate of drug-likeness (QED) is 0.849. The first kappa shape index (κ1) is 14.4. The summed E-state index contributed by atoms with van der Waals surface area (Å²) in [7, 11) is 0. The third-order valence-corrected chi connectivity index (χ3v) is 3.70. The van der Waals surface area contributed by atoms with Crippen LogP contribution in [0, 0.1) is 0 Å². The van der Waals surface area contributed by atoms with Crippen molar-refractivity contribution in [2.75, 3.05) is 13.2 Å². The van der Waals surface area contributed by atoms with Crippen molar-refractivity contribution in [3.05, 3.63) is 11.7 Å². The van der Waals surface area contributed by atoms with Gasteiger partial charge in [0.05, 0.1) is 6.10 Å². The van der Waals surface area contributed by atoms with Gasteiger partial charge >= 0.3 is 0 Å². The minimum atomic E-state index is -0.498. The van der Waals surface area contributed by atoms with Gasteiger partial charge in [-0.3, -0.25) is 0 Å². The Morgan fingerprint density at radius 3 is 2.79 bits per heavy atom. The molecule has 0 bridgehead atoms. The van der Waals surface area contributed by atoms with Crippen molar-refractivity contribution in [3.8, 4) is 0 Å². The Kier molecular flexibility index (Phi) is 4.54.